The van der Waals surface area contributed by atoms with Crippen molar-refractivity contribution in [2.75, 3.05) is 0 Å². The summed E-state index contributed by atoms with van der Waals surface area (Å²) in [5.41, 5.74) is 2.11. The van der Waals surface area contributed by atoms with Gasteiger partial charge in [-0.3, -0.25) is 4.79 Å². The zero-order valence-electron chi connectivity index (χ0n) is 16.9. The first-order chi connectivity index (χ1) is 13.4. The van der Waals surface area contributed by atoms with Crippen LogP contribution in [0, 0.1) is 17.8 Å². The lowest BCUT2D eigenvalue weighted by Crippen LogP contribution is -2.26. The Balaban J connectivity index is 1.39. The van der Waals surface area contributed by atoms with Crippen LogP contribution in [0.4, 0.5) is 0 Å². The van der Waals surface area contributed by atoms with Crippen molar-refractivity contribution in [1.29, 1.82) is 0 Å². The van der Waals surface area contributed by atoms with E-state index in [0.717, 1.165) is 30.2 Å². The molecule has 0 aromatic heterocycles. The van der Waals surface area contributed by atoms with Gasteiger partial charge in [0.15, 0.2) is 5.78 Å². The third kappa shape index (κ3) is 4.52. The fourth-order valence-electron chi connectivity index (χ4n) is 4.93. The Kier molecular flexibility index (Phi) is 5.94. The Bertz CT molecular complexity index is 817. The van der Waals surface area contributed by atoms with Gasteiger partial charge in [0.25, 0.3) is 0 Å². The molecule has 0 aliphatic heterocycles. The highest BCUT2D eigenvalue weighted by Crippen LogP contribution is 2.45. The molecule has 3 atom stereocenters. The lowest BCUT2D eigenvalue weighted by Gasteiger charge is -2.31. The van der Waals surface area contributed by atoms with Crippen molar-refractivity contribution in [3.05, 3.63) is 59.7 Å². The quantitative estimate of drug-likeness (QED) is 0.408. The van der Waals surface area contributed by atoms with Crippen molar-refractivity contribution in [2.24, 2.45) is 17.8 Å². The van der Waals surface area contributed by atoms with E-state index in [-0.39, 0.29) is 10.7 Å². The van der Waals surface area contributed by atoms with E-state index in [2.05, 4.69) is 62.9 Å². The summed E-state index contributed by atoms with van der Waals surface area (Å²) in [6.07, 6.45) is 7.57. The normalized spacial score (nSPS) is 24.8. The van der Waals surface area contributed by atoms with Gasteiger partial charge in [0.05, 0.1) is 0 Å². The SMILES string of the molecule is CC(C)(S)c1ccc(Sc2ccc(C(=O)C3CCC4CCCC4C3)cc2)cc1. The number of hydrogen-bond donors (Lipinski definition) is 1. The number of rotatable bonds is 5. The van der Waals surface area contributed by atoms with Crippen LogP contribution in [-0.4, -0.2) is 5.78 Å². The molecule has 4 rings (SSSR count). The molecular weight excluding hydrogens is 380 g/mol. The van der Waals surface area contributed by atoms with Crippen molar-refractivity contribution in [3.63, 3.8) is 0 Å². The Labute approximate surface area is 179 Å². The Morgan fingerprint density at radius 3 is 2.14 bits per heavy atom. The van der Waals surface area contributed by atoms with Crippen LogP contribution in [0.3, 0.4) is 0 Å². The Morgan fingerprint density at radius 2 is 1.50 bits per heavy atom. The van der Waals surface area contributed by atoms with Crippen LogP contribution in [0.5, 0.6) is 0 Å². The number of ketones is 1. The van der Waals surface area contributed by atoms with Crippen LogP contribution >= 0.6 is 24.4 Å². The van der Waals surface area contributed by atoms with Crippen molar-refractivity contribution < 1.29 is 4.79 Å². The molecule has 2 aromatic rings. The van der Waals surface area contributed by atoms with E-state index in [1.165, 1.54) is 41.0 Å². The van der Waals surface area contributed by atoms with Crippen LogP contribution in [0.15, 0.2) is 58.3 Å². The van der Waals surface area contributed by atoms with Crippen LogP contribution in [0.1, 0.15) is 68.3 Å². The van der Waals surface area contributed by atoms with Gasteiger partial charge in [-0.25, -0.2) is 0 Å². The molecule has 2 fully saturated rings. The summed E-state index contributed by atoms with van der Waals surface area (Å²) in [7, 11) is 0. The predicted octanol–water partition coefficient (Wildman–Crippen LogP) is 7.40. The maximum atomic E-state index is 13.0. The third-order valence-corrected chi connectivity index (χ3v) is 7.87. The monoisotopic (exact) mass is 410 g/mol. The molecule has 0 saturated heterocycles. The van der Waals surface area contributed by atoms with E-state index in [9.17, 15) is 4.79 Å². The highest BCUT2D eigenvalue weighted by Gasteiger charge is 2.36. The van der Waals surface area contributed by atoms with Gasteiger partial charge in [0.2, 0.25) is 0 Å². The number of carbonyl (C=O) groups excluding carboxylic acids is 1. The molecule has 28 heavy (non-hydrogen) atoms. The topological polar surface area (TPSA) is 17.1 Å². The zero-order valence-corrected chi connectivity index (χ0v) is 18.6. The second-order valence-electron chi connectivity index (χ2n) is 9.04. The van der Waals surface area contributed by atoms with Gasteiger partial charge < -0.3 is 0 Å². The molecule has 3 unspecified atom stereocenters. The summed E-state index contributed by atoms with van der Waals surface area (Å²) in [6, 6.07) is 16.8. The van der Waals surface area contributed by atoms with Crippen LogP contribution in [-0.2, 0) is 4.75 Å². The van der Waals surface area contributed by atoms with Gasteiger partial charge in [-0.15, -0.1) is 0 Å². The molecule has 1 nitrogen and oxygen atoms in total. The van der Waals surface area contributed by atoms with Gasteiger partial charge in [-0.2, -0.15) is 12.6 Å². The molecule has 2 aliphatic carbocycles. The summed E-state index contributed by atoms with van der Waals surface area (Å²) in [4.78, 5) is 15.4. The molecule has 0 amide bonds. The molecule has 0 N–H and O–H groups in total. The molecule has 2 saturated carbocycles. The summed E-state index contributed by atoms with van der Waals surface area (Å²) in [5, 5.41) is 0. The maximum absolute atomic E-state index is 13.0. The second-order valence-corrected chi connectivity index (χ2v) is 11.3. The van der Waals surface area contributed by atoms with Gasteiger partial charge >= 0.3 is 0 Å². The fourth-order valence-corrected chi connectivity index (χ4v) is 5.90. The van der Waals surface area contributed by atoms with Crippen LogP contribution in [0.25, 0.3) is 0 Å². The third-order valence-electron chi connectivity index (χ3n) is 6.60. The van der Waals surface area contributed by atoms with Crippen LogP contribution in [0.2, 0.25) is 0 Å². The summed E-state index contributed by atoms with van der Waals surface area (Å²) < 4.78 is -0.122. The van der Waals surface area contributed by atoms with Gasteiger partial charge in [-0.1, -0.05) is 55.3 Å². The standard InChI is InChI=1S/C25H30OS2/c1-25(2,27)21-10-14-23(15-11-21)28-22-12-8-18(9-13-22)24(26)20-7-6-17-4-3-5-19(17)16-20/h8-15,17,19-20,27H,3-7,16H2,1-2H3. The van der Waals surface area contributed by atoms with Crippen molar-refractivity contribution in [2.45, 2.75) is 66.9 Å². The minimum absolute atomic E-state index is 0.122. The number of thiol groups is 1. The summed E-state index contributed by atoms with van der Waals surface area (Å²) >= 11 is 6.37. The second kappa shape index (κ2) is 8.28. The molecule has 0 radical (unpaired) electrons. The largest absolute Gasteiger partial charge is 0.294 e. The molecule has 148 valence electrons. The van der Waals surface area contributed by atoms with Crippen molar-refractivity contribution in [1.82, 2.24) is 0 Å². The van der Waals surface area contributed by atoms with Crippen molar-refractivity contribution in [3.8, 4) is 0 Å². The van der Waals surface area contributed by atoms with Gasteiger partial charge in [0, 0.05) is 26.0 Å². The molecule has 2 aliphatic rings. The van der Waals surface area contributed by atoms with E-state index < -0.39 is 0 Å². The minimum Gasteiger partial charge on any atom is -0.294 e. The van der Waals surface area contributed by atoms with E-state index in [0.29, 0.717) is 5.78 Å². The summed E-state index contributed by atoms with van der Waals surface area (Å²) in [6.45, 7) is 4.21. The minimum atomic E-state index is -0.122. The van der Waals surface area contributed by atoms with Gasteiger partial charge in [0.1, 0.15) is 0 Å². The van der Waals surface area contributed by atoms with Crippen LogP contribution < -0.4 is 0 Å². The molecule has 0 spiro atoms. The maximum Gasteiger partial charge on any atom is 0.165 e. The number of benzene rings is 2. The van der Waals surface area contributed by atoms with E-state index >= 15 is 0 Å². The average Bonchev–Trinajstić information content (AvgIpc) is 3.15. The Morgan fingerprint density at radius 1 is 0.893 bits per heavy atom. The molecule has 2 aromatic carbocycles. The molecular formula is C25H30OS2. The fraction of sp³-hybridized carbons (Fsp3) is 0.480. The molecule has 0 heterocycles. The lowest BCUT2D eigenvalue weighted by atomic mass is 9.73. The first kappa shape index (κ1) is 20.1. The highest BCUT2D eigenvalue weighted by atomic mass is 32.2. The Hall–Kier alpha value is -1.19. The average molecular weight is 411 g/mol. The number of fused-ring (bicyclic) bond motifs is 1. The number of Topliss-reactive ketones (excluding diaryl/α,β-unsaturated/α-hetero) is 1. The van der Waals surface area contributed by atoms with E-state index in [1.807, 2.05) is 12.1 Å². The predicted molar refractivity (Wildman–Crippen MR) is 122 cm³/mol. The molecule has 3 heteroatoms. The number of carbonyl (C=O) groups is 1. The van der Waals surface area contributed by atoms with E-state index in [4.69, 9.17) is 0 Å². The first-order valence-corrected chi connectivity index (χ1v) is 11.8. The summed E-state index contributed by atoms with van der Waals surface area (Å²) in [5.74, 6) is 2.32. The van der Waals surface area contributed by atoms with Gasteiger partial charge in [-0.05, 0) is 74.8 Å². The zero-order chi connectivity index (χ0) is 19.7. The number of hydrogen-bond acceptors (Lipinski definition) is 3. The molecule has 0 bridgehead atoms. The first-order valence-electron chi connectivity index (χ1n) is 10.6. The van der Waals surface area contributed by atoms with E-state index in [1.54, 1.807) is 11.8 Å². The lowest BCUT2D eigenvalue weighted by molar-refractivity contribution is 0.0837. The highest BCUT2D eigenvalue weighted by molar-refractivity contribution is 7.99. The smallest absolute Gasteiger partial charge is 0.165 e. The van der Waals surface area contributed by atoms with Crippen molar-refractivity contribution >= 4 is 30.2 Å².